The zero-order valence-electron chi connectivity index (χ0n) is 20.9. The normalized spacial score (nSPS) is 17.3. The minimum absolute atomic E-state index is 0.0583. The molecular weight excluding hydrogens is 478 g/mol. The molecule has 0 radical (unpaired) electrons. The van der Waals surface area contributed by atoms with Crippen molar-refractivity contribution in [3.8, 4) is 5.75 Å². The quantitative estimate of drug-likeness (QED) is 0.414. The summed E-state index contributed by atoms with van der Waals surface area (Å²) >= 11 is 0. The summed E-state index contributed by atoms with van der Waals surface area (Å²) in [7, 11) is 0. The van der Waals surface area contributed by atoms with Gasteiger partial charge in [-0.05, 0) is 25.5 Å². The molecule has 0 spiro atoms. The van der Waals surface area contributed by atoms with Gasteiger partial charge in [0, 0.05) is 42.7 Å². The van der Waals surface area contributed by atoms with Crippen molar-refractivity contribution in [2.24, 2.45) is 5.73 Å². The summed E-state index contributed by atoms with van der Waals surface area (Å²) in [6, 6.07) is 12.0. The first kappa shape index (κ1) is 26.6. The number of carbonyl (C=O) groups excluding carboxylic acids is 2. The molecule has 2 amide bonds. The van der Waals surface area contributed by atoms with E-state index in [2.05, 4.69) is 4.90 Å². The standard InChI is InChI=1S/C27H33N3O7/c1-18-5-7-19(8-6-18)27(36-16-13-29-11-14-35-15-12-29)37-23-4-2-3-20-21(23)17-30(26(20)34)22(25(28)33)9-10-24(31)32/h2-8,22,27H,9-17H2,1H3,(H2,28,33)(H,31,32). The second-order valence-corrected chi connectivity index (χ2v) is 9.25. The number of benzene rings is 2. The SMILES string of the molecule is Cc1ccc(C(OCCN2CCOCC2)Oc2cccc3c2CN(C(CCC(=O)O)C(N)=O)C3=O)cc1. The van der Waals surface area contributed by atoms with Gasteiger partial charge in [0.15, 0.2) is 0 Å². The van der Waals surface area contributed by atoms with Crippen molar-refractivity contribution in [1.82, 2.24) is 9.80 Å². The van der Waals surface area contributed by atoms with Crippen molar-refractivity contribution >= 4 is 17.8 Å². The van der Waals surface area contributed by atoms with Gasteiger partial charge in [-0.2, -0.15) is 0 Å². The Morgan fingerprint density at radius 2 is 1.86 bits per heavy atom. The summed E-state index contributed by atoms with van der Waals surface area (Å²) in [5.41, 5.74) is 8.49. The predicted molar refractivity (Wildman–Crippen MR) is 134 cm³/mol. The first-order chi connectivity index (χ1) is 17.8. The Balaban J connectivity index is 1.53. The molecule has 2 aromatic carbocycles. The van der Waals surface area contributed by atoms with Crippen LogP contribution < -0.4 is 10.5 Å². The third-order valence-electron chi connectivity index (χ3n) is 6.65. The van der Waals surface area contributed by atoms with Gasteiger partial charge in [0.25, 0.3) is 5.91 Å². The zero-order chi connectivity index (χ0) is 26.4. The van der Waals surface area contributed by atoms with E-state index in [1.165, 1.54) is 4.90 Å². The number of morpholine rings is 1. The number of nitrogens with two attached hydrogens (primary N) is 1. The van der Waals surface area contributed by atoms with Gasteiger partial charge in [-0.15, -0.1) is 0 Å². The van der Waals surface area contributed by atoms with Crippen LogP contribution in [0, 0.1) is 6.92 Å². The summed E-state index contributed by atoms with van der Waals surface area (Å²) in [5.74, 6) is -1.72. The molecule has 37 heavy (non-hydrogen) atoms. The molecule has 1 fully saturated rings. The number of hydrogen-bond donors (Lipinski definition) is 2. The Morgan fingerprint density at radius 1 is 1.14 bits per heavy atom. The molecule has 0 bridgehead atoms. The van der Waals surface area contributed by atoms with Crippen molar-refractivity contribution in [3.63, 3.8) is 0 Å². The molecule has 0 aromatic heterocycles. The number of aliphatic carboxylic acids is 1. The lowest BCUT2D eigenvalue weighted by Crippen LogP contribution is -2.45. The molecular formula is C27H33N3O7. The van der Waals surface area contributed by atoms with Gasteiger partial charge < -0.3 is 30.0 Å². The van der Waals surface area contributed by atoms with Crippen LogP contribution in [0.2, 0.25) is 0 Å². The molecule has 1 saturated heterocycles. The molecule has 3 N–H and O–H groups in total. The molecule has 0 aliphatic carbocycles. The average Bonchev–Trinajstić information content (AvgIpc) is 3.21. The Kier molecular flexibility index (Phi) is 8.75. The van der Waals surface area contributed by atoms with Crippen molar-refractivity contribution in [3.05, 3.63) is 64.7 Å². The van der Waals surface area contributed by atoms with Gasteiger partial charge in [0.2, 0.25) is 12.2 Å². The average molecular weight is 512 g/mol. The minimum atomic E-state index is -1.06. The second-order valence-electron chi connectivity index (χ2n) is 9.25. The number of ether oxygens (including phenoxy) is 3. The predicted octanol–water partition coefficient (Wildman–Crippen LogP) is 2.10. The number of carbonyl (C=O) groups is 3. The molecule has 10 heteroatoms. The number of carboxylic acids is 1. The molecule has 4 rings (SSSR count). The van der Waals surface area contributed by atoms with E-state index in [0.29, 0.717) is 36.7 Å². The molecule has 2 unspecified atom stereocenters. The van der Waals surface area contributed by atoms with Gasteiger partial charge in [0.1, 0.15) is 11.8 Å². The fraction of sp³-hybridized carbons (Fsp3) is 0.444. The molecule has 10 nitrogen and oxygen atoms in total. The smallest absolute Gasteiger partial charge is 0.303 e. The van der Waals surface area contributed by atoms with Crippen LogP contribution in [0.4, 0.5) is 0 Å². The van der Waals surface area contributed by atoms with E-state index in [1.807, 2.05) is 31.2 Å². The lowest BCUT2D eigenvalue weighted by molar-refractivity contribution is -0.137. The van der Waals surface area contributed by atoms with Crippen LogP contribution in [0.3, 0.4) is 0 Å². The Bertz CT molecular complexity index is 1120. The van der Waals surface area contributed by atoms with Gasteiger partial charge in [-0.25, -0.2) is 0 Å². The number of rotatable bonds is 12. The Morgan fingerprint density at radius 3 is 2.54 bits per heavy atom. The lowest BCUT2D eigenvalue weighted by atomic mass is 10.1. The topological polar surface area (TPSA) is 132 Å². The third-order valence-corrected chi connectivity index (χ3v) is 6.65. The van der Waals surface area contributed by atoms with Crippen LogP contribution >= 0.6 is 0 Å². The zero-order valence-corrected chi connectivity index (χ0v) is 20.9. The fourth-order valence-corrected chi connectivity index (χ4v) is 4.55. The summed E-state index contributed by atoms with van der Waals surface area (Å²) in [6.07, 6.45) is -1.04. The van der Waals surface area contributed by atoms with Crippen molar-refractivity contribution < 1.29 is 33.7 Å². The molecule has 2 aromatic rings. The first-order valence-electron chi connectivity index (χ1n) is 12.4. The number of hydrogen-bond acceptors (Lipinski definition) is 7. The number of nitrogens with zero attached hydrogens (tertiary/aromatic N) is 2. The highest BCUT2D eigenvalue weighted by atomic mass is 16.7. The van der Waals surface area contributed by atoms with Crippen LogP contribution in [0.25, 0.3) is 0 Å². The second kappa shape index (κ2) is 12.2. The van der Waals surface area contributed by atoms with Gasteiger partial charge in [0.05, 0.1) is 26.4 Å². The van der Waals surface area contributed by atoms with E-state index in [-0.39, 0.29) is 25.3 Å². The molecule has 2 aliphatic rings. The van der Waals surface area contributed by atoms with E-state index in [0.717, 1.165) is 30.8 Å². The van der Waals surface area contributed by atoms with Crippen LogP contribution in [0.5, 0.6) is 5.75 Å². The summed E-state index contributed by atoms with van der Waals surface area (Å²) in [4.78, 5) is 39.9. The van der Waals surface area contributed by atoms with E-state index < -0.39 is 24.2 Å². The maximum atomic E-state index is 13.1. The van der Waals surface area contributed by atoms with Crippen molar-refractivity contribution in [2.45, 2.75) is 38.6 Å². The highest BCUT2D eigenvalue weighted by Crippen LogP contribution is 2.35. The third kappa shape index (κ3) is 6.65. The summed E-state index contributed by atoms with van der Waals surface area (Å²) < 4.78 is 18.0. The molecule has 2 heterocycles. The highest BCUT2D eigenvalue weighted by molar-refractivity contribution is 6.01. The Labute approximate surface area is 215 Å². The van der Waals surface area contributed by atoms with Gasteiger partial charge in [-0.3, -0.25) is 19.3 Å². The largest absolute Gasteiger partial charge is 0.481 e. The molecule has 2 atom stereocenters. The van der Waals surface area contributed by atoms with Gasteiger partial charge in [-0.1, -0.05) is 35.9 Å². The molecule has 0 saturated carbocycles. The maximum Gasteiger partial charge on any atom is 0.303 e. The number of fused-ring (bicyclic) bond motifs is 1. The van der Waals surface area contributed by atoms with Gasteiger partial charge >= 0.3 is 5.97 Å². The van der Waals surface area contributed by atoms with Crippen LogP contribution in [0.1, 0.15) is 46.2 Å². The first-order valence-corrected chi connectivity index (χ1v) is 12.4. The molecule has 198 valence electrons. The van der Waals surface area contributed by atoms with E-state index in [9.17, 15) is 14.4 Å². The number of aryl methyl sites for hydroxylation is 1. The monoisotopic (exact) mass is 511 g/mol. The fourth-order valence-electron chi connectivity index (χ4n) is 4.55. The van der Waals surface area contributed by atoms with E-state index >= 15 is 0 Å². The Hall–Kier alpha value is -3.47. The highest BCUT2D eigenvalue weighted by Gasteiger charge is 2.37. The van der Waals surface area contributed by atoms with Crippen LogP contribution in [-0.4, -0.2) is 78.2 Å². The number of primary amides is 1. The van der Waals surface area contributed by atoms with Crippen LogP contribution in [-0.2, 0) is 25.6 Å². The van der Waals surface area contributed by atoms with Crippen molar-refractivity contribution in [1.29, 1.82) is 0 Å². The minimum Gasteiger partial charge on any atom is -0.481 e. The number of amides is 2. The summed E-state index contributed by atoms with van der Waals surface area (Å²) in [5, 5.41) is 9.05. The maximum absolute atomic E-state index is 13.1. The van der Waals surface area contributed by atoms with Crippen molar-refractivity contribution in [2.75, 3.05) is 39.5 Å². The summed E-state index contributed by atoms with van der Waals surface area (Å²) in [6.45, 7) is 6.39. The lowest BCUT2D eigenvalue weighted by Gasteiger charge is -2.28. The van der Waals surface area contributed by atoms with E-state index in [1.54, 1.807) is 18.2 Å². The van der Waals surface area contributed by atoms with Crippen LogP contribution in [0.15, 0.2) is 42.5 Å². The number of carboxylic acid groups (broad SMARTS) is 1. The molecule has 2 aliphatic heterocycles. The van der Waals surface area contributed by atoms with E-state index in [4.69, 9.17) is 25.1 Å².